The van der Waals surface area contributed by atoms with Gasteiger partial charge in [0.15, 0.2) is 0 Å². The summed E-state index contributed by atoms with van der Waals surface area (Å²) >= 11 is 18.1. The minimum absolute atomic E-state index is 0.0545. The summed E-state index contributed by atoms with van der Waals surface area (Å²) in [5.41, 5.74) is -1.90. The van der Waals surface area contributed by atoms with Gasteiger partial charge in [-0.25, -0.2) is 4.68 Å². The van der Waals surface area contributed by atoms with Crippen molar-refractivity contribution < 1.29 is 22.8 Å². The Morgan fingerprint density at radius 3 is 2.36 bits per heavy atom. The topological polar surface area (TPSA) is 82.2 Å². The molecule has 154 valence electrons. The van der Waals surface area contributed by atoms with Crippen molar-refractivity contribution >= 4 is 40.5 Å². The van der Waals surface area contributed by atoms with Gasteiger partial charge in [0, 0.05) is 6.54 Å². The molecule has 2 aromatic rings. The van der Waals surface area contributed by atoms with Crippen LogP contribution >= 0.6 is 34.8 Å². The Labute approximate surface area is 172 Å². The molecular weight excluding hydrogens is 448 g/mol. The molecule has 1 N–H and O–H groups in total. The lowest BCUT2D eigenvalue weighted by Crippen LogP contribution is -2.16. The number of halogens is 6. The highest BCUT2D eigenvalue weighted by Crippen LogP contribution is 2.43. The van der Waals surface area contributed by atoms with Gasteiger partial charge in [-0.2, -0.15) is 13.2 Å². The van der Waals surface area contributed by atoms with E-state index in [1.165, 1.54) is 6.92 Å². The quantitative estimate of drug-likeness (QED) is 0.271. The number of nitro groups is 1. The molecule has 7 nitrogen and oxygen atoms in total. The van der Waals surface area contributed by atoms with Gasteiger partial charge in [0.1, 0.15) is 18.0 Å². The highest BCUT2D eigenvalue weighted by Gasteiger charge is 2.36. The number of likely N-dealkylation sites (N-methyl/N-ethyl adjacent to an activating group) is 1. The van der Waals surface area contributed by atoms with E-state index in [1.807, 2.05) is 0 Å². The summed E-state index contributed by atoms with van der Waals surface area (Å²) in [6, 6.07) is 1.31. The van der Waals surface area contributed by atoms with E-state index in [2.05, 4.69) is 10.4 Å². The van der Waals surface area contributed by atoms with Crippen LogP contribution in [0.3, 0.4) is 0 Å². The van der Waals surface area contributed by atoms with E-state index in [0.29, 0.717) is 18.7 Å². The van der Waals surface area contributed by atoms with E-state index in [4.69, 9.17) is 39.5 Å². The number of aromatic nitrogens is 2. The van der Waals surface area contributed by atoms with Crippen LogP contribution in [0, 0.1) is 10.1 Å². The Morgan fingerprint density at radius 2 is 1.93 bits per heavy atom. The standard InChI is InChI=1S/C15H14Cl3F3N4O3/c1-7(16)11-13(25(26)27)14(28-4-3-22-2)23-24(11)12-9(17)5-8(6-10(12)18)15(19,20)21/h5-7,22H,3-4H2,1-2H3. The van der Waals surface area contributed by atoms with E-state index in [0.717, 1.165) is 4.68 Å². The molecule has 0 saturated carbocycles. The summed E-state index contributed by atoms with van der Waals surface area (Å²) in [6.07, 6.45) is -4.67. The molecule has 1 heterocycles. The second kappa shape index (κ2) is 8.73. The molecule has 2 rings (SSSR count). The molecule has 13 heteroatoms. The van der Waals surface area contributed by atoms with Gasteiger partial charge < -0.3 is 10.1 Å². The molecule has 0 aliphatic rings. The number of hydrogen-bond acceptors (Lipinski definition) is 5. The van der Waals surface area contributed by atoms with Gasteiger partial charge in [-0.1, -0.05) is 23.2 Å². The van der Waals surface area contributed by atoms with Crippen molar-refractivity contribution in [1.82, 2.24) is 15.1 Å². The summed E-state index contributed by atoms with van der Waals surface area (Å²) in [4.78, 5) is 10.8. The van der Waals surface area contributed by atoms with Gasteiger partial charge in [-0.15, -0.1) is 16.7 Å². The normalized spacial score (nSPS) is 12.9. The number of ether oxygens (including phenoxy) is 1. The second-order valence-electron chi connectivity index (χ2n) is 5.56. The maximum atomic E-state index is 13.0. The van der Waals surface area contributed by atoms with Crippen LogP contribution in [0.2, 0.25) is 10.0 Å². The molecule has 1 aromatic carbocycles. The number of nitrogens with one attached hydrogen (secondary N) is 1. The molecule has 0 radical (unpaired) electrons. The molecule has 0 amide bonds. The fourth-order valence-corrected chi connectivity index (χ4v) is 3.22. The van der Waals surface area contributed by atoms with Crippen molar-refractivity contribution in [2.24, 2.45) is 0 Å². The molecule has 28 heavy (non-hydrogen) atoms. The first kappa shape index (κ1) is 22.5. The molecule has 0 fully saturated rings. The highest BCUT2D eigenvalue weighted by atomic mass is 35.5. The Balaban J connectivity index is 2.71. The van der Waals surface area contributed by atoms with Crippen LogP contribution in [0.5, 0.6) is 5.88 Å². The first-order valence-corrected chi connectivity index (χ1v) is 8.93. The van der Waals surface area contributed by atoms with Gasteiger partial charge in [-0.05, 0) is 26.1 Å². The summed E-state index contributed by atoms with van der Waals surface area (Å²) in [6.45, 7) is 1.86. The van der Waals surface area contributed by atoms with E-state index >= 15 is 0 Å². The Hall–Kier alpha value is -1.75. The summed E-state index contributed by atoms with van der Waals surface area (Å²) in [5, 5.41) is 16.6. The second-order valence-corrected chi connectivity index (χ2v) is 7.03. The monoisotopic (exact) mass is 460 g/mol. The van der Waals surface area contributed by atoms with E-state index < -0.39 is 37.8 Å². The van der Waals surface area contributed by atoms with Gasteiger partial charge in [-0.3, -0.25) is 10.1 Å². The molecule has 0 spiro atoms. The summed E-state index contributed by atoms with van der Waals surface area (Å²) in [7, 11) is 1.66. The van der Waals surface area contributed by atoms with Crippen molar-refractivity contribution in [2.45, 2.75) is 18.5 Å². The van der Waals surface area contributed by atoms with Gasteiger partial charge in [0.25, 0.3) is 0 Å². The minimum atomic E-state index is -4.67. The number of hydrogen-bond donors (Lipinski definition) is 1. The van der Waals surface area contributed by atoms with Crippen LogP contribution in [-0.2, 0) is 6.18 Å². The Morgan fingerprint density at radius 1 is 1.36 bits per heavy atom. The van der Waals surface area contributed by atoms with Crippen LogP contribution in [0.25, 0.3) is 5.69 Å². The predicted octanol–water partition coefficient (Wildman–Crippen LogP) is 5.00. The summed E-state index contributed by atoms with van der Waals surface area (Å²) < 4.78 is 45.1. The van der Waals surface area contributed by atoms with Crippen LogP contribution < -0.4 is 10.1 Å². The average Bonchev–Trinajstić information content (AvgIpc) is 2.93. The molecule has 1 atom stereocenters. The van der Waals surface area contributed by atoms with Crippen LogP contribution in [0.4, 0.5) is 18.9 Å². The minimum Gasteiger partial charge on any atom is -0.470 e. The molecule has 1 unspecified atom stereocenters. The molecule has 0 aliphatic heterocycles. The van der Waals surface area contributed by atoms with E-state index in [1.54, 1.807) is 7.05 Å². The van der Waals surface area contributed by atoms with Crippen molar-refractivity contribution in [2.75, 3.05) is 20.2 Å². The van der Waals surface area contributed by atoms with E-state index in [9.17, 15) is 23.3 Å². The van der Waals surface area contributed by atoms with Gasteiger partial charge >= 0.3 is 17.7 Å². The zero-order chi connectivity index (χ0) is 21.2. The summed E-state index contributed by atoms with van der Waals surface area (Å²) in [5.74, 6) is -0.352. The Kier molecular flexibility index (Phi) is 7.02. The maximum absolute atomic E-state index is 13.0. The number of rotatable bonds is 7. The molecular formula is C15H14Cl3F3N4O3. The molecule has 0 saturated heterocycles. The fourth-order valence-electron chi connectivity index (χ4n) is 2.38. The first-order chi connectivity index (χ1) is 13.0. The van der Waals surface area contributed by atoms with Gasteiger partial charge in [0.05, 0.1) is 25.9 Å². The fraction of sp³-hybridized carbons (Fsp3) is 0.400. The average molecular weight is 462 g/mol. The SMILES string of the molecule is CNCCOc1nn(-c2c(Cl)cc(C(F)(F)F)cc2Cl)c(C(C)Cl)c1[N+](=O)[O-]. The Bertz CT molecular complexity index is 864. The van der Waals surface area contributed by atoms with Crippen molar-refractivity contribution in [3.8, 4) is 11.6 Å². The number of alkyl halides is 4. The number of nitrogens with zero attached hydrogens (tertiary/aromatic N) is 3. The smallest absolute Gasteiger partial charge is 0.416 e. The third kappa shape index (κ3) is 4.62. The zero-order valence-corrected chi connectivity index (χ0v) is 16.7. The maximum Gasteiger partial charge on any atom is 0.416 e. The lowest BCUT2D eigenvalue weighted by atomic mass is 10.2. The first-order valence-electron chi connectivity index (χ1n) is 7.74. The zero-order valence-electron chi connectivity index (χ0n) is 14.5. The largest absolute Gasteiger partial charge is 0.470 e. The third-order valence-electron chi connectivity index (χ3n) is 3.57. The highest BCUT2D eigenvalue weighted by molar-refractivity contribution is 6.38. The van der Waals surface area contributed by atoms with E-state index in [-0.39, 0.29) is 23.9 Å². The lowest BCUT2D eigenvalue weighted by molar-refractivity contribution is -0.386. The molecule has 0 bridgehead atoms. The van der Waals surface area contributed by atoms with Crippen LogP contribution in [0.1, 0.15) is 23.6 Å². The van der Waals surface area contributed by atoms with Crippen LogP contribution in [-0.4, -0.2) is 34.9 Å². The van der Waals surface area contributed by atoms with Gasteiger partial charge in [0.2, 0.25) is 0 Å². The van der Waals surface area contributed by atoms with Crippen molar-refractivity contribution in [1.29, 1.82) is 0 Å². The molecule has 0 aliphatic carbocycles. The third-order valence-corrected chi connectivity index (χ3v) is 4.35. The van der Waals surface area contributed by atoms with Crippen molar-refractivity contribution in [3.05, 3.63) is 43.5 Å². The number of benzene rings is 1. The molecule has 1 aromatic heterocycles. The van der Waals surface area contributed by atoms with Crippen LogP contribution in [0.15, 0.2) is 12.1 Å². The van der Waals surface area contributed by atoms with Crippen molar-refractivity contribution in [3.63, 3.8) is 0 Å². The lowest BCUT2D eigenvalue weighted by Gasteiger charge is -2.14. The predicted molar refractivity (Wildman–Crippen MR) is 98.9 cm³/mol.